The normalized spacial score (nSPS) is 24.0. The maximum Gasteiger partial charge on any atom is 0.189 e. The van der Waals surface area contributed by atoms with Crippen LogP contribution in [0.3, 0.4) is 0 Å². The van der Waals surface area contributed by atoms with Crippen molar-refractivity contribution in [3.8, 4) is 0 Å². The fourth-order valence-electron chi connectivity index (χ4n) is 4.29. The number of aliphatic imine (C=N–C) groups is 1. The van der Waals surface area contributed by atoms with Crippen LogP contribution in [0.5, 0.6) is 0 Å². The van der Waals surface area contributed by atoms with Gasteiger partial charge in [0.25, 0.3) is 0 Å². The van der Waals surface area contributed by atoms with Crippen LogP contribution < -0.4 is 11.1 Å². The first-order chi connectivity index (χ1) is 13.7. The molecular weight excluding hydrogens is 351 g/mol. The van der Waals surface area contributed by atoms with Crippen LogP contribution in [0.4, 0.5) is 4.39 Å². The molecule has 2 aromatic rings. The zero-order chi connectivity index (χ0) is 19.3. The molecular formula is C23H29FN4. The third kappa shape index (κ3) is 4.71. The molecule has 2 fully saturated rings. The number of benzene rings is 2. The van der Waals surface area contributed by atoms with Crippen molar-refractivity contribution < 1.29 is 4.39 Å². The second-order valence-electron chi connectivity index (χ2n) is 8.04. The highest BCUT2D eigenvalue weighted by atomic mass is 19.1. The topological polar surface area (TPSA) is 53.6 Å². The number of nitrogens with zero attached hydrogens (tertiary/aromatic N) is 2. The van der Waals surface area contributed by atoms with Crippen LogP contribution in [0, 0.1) is 5.82 Å². The Balaban J connectivity index is 1.20. The molecule has 2 aromatic carbocycles. The highest BCUT2D eigenvalue weighted by molar-refractivity contribution is 5.78. The monoisotopic (exact) mass is 380 g/mol. The minimum atomic E-state index is -0.102. The van der Waals surface area contributed by atoms with Gasteiger partial charge in [0.05, 0.1) is 6.04 Å². The Kier molecular flexibility index (Phi) is 5.91. The average Bonchev–Trinajstić information content (AvgIpc) is 2.68. The number of halogens is 1. The molecule has 0 aromatic heterocycles. The summed E-state index contributed by atoms with van der Waals surface area (Å²) in [6, 6.07) is 18.3. The van der Waals surface area contributed by atoms with Gasteiger partial charge >= 0.3 is 0 Å². The average molecular weight is 381 g/mol. The first kappa shape index (κ1) is 18.9. The van der Waals surface area contributed by atoms with E-state index in [4.69, 9.17) is 10.7 Å². The van der Waals surface area contributed by atoms with Gasteiger partial charge in [0.15, 0.2) is 5.96 Å². The van der Waals surface area contributed by atoms with E-state index in [2.05, 4.69) is 40.5 Å². The zero-order valence-corrected chi connectivity index (χ0v) is 16.2. The molecule has 0 radical (unpaired) electrons. The number of piperidine rings is 1. The Morgan fingerprint density at radius 1 is 1.04 bits per heavy atom. The fraction of sp³-hybridized carbons (Fsp3) is 0.435. The van der Waals surface area contributed by atoms with E-state index < -0.39 is 0 Å². The molecule has 4 rings (SSSR count). The number of hydrogen-bond donors (Lipinski definition) is 2. The summed E-state index contributed by atoms with van der Waals surface area (Å²) >= 11 is 0. The van der Waals surface area contributed by atoms with E-state index in [1.54, 1.807) is 6.07 Å². The van der Waals surface area contributed by atoms with Gasteiger partial charge in [-0.15, -0.1) is 0 Å². The minimum absolute atomic E-state index is 0.102. The number of hydrogen-bond acceptors (Lipinski definition) is 2. The lowest BCUT2D eigenvalue weighted by Gasteiger charge is -2.37. The number of guanidine groups is 1. The minimum Gasteiger partial charge on any atom is -0.370 e. The van der Waals surface area contributed by atoms with E-state index in [9.17, 15) is 4.39 Å². The molecule has 1 aliphatic carbocycles. The van der Waals surface area contributed by atoms with Crippen molar-refractivity contribution in [3.05, 3.63) is 71.5 Å². The molecule has 0 unspecified atom stereocenters. The van der Waals surface area contributed by atoms with Crippen molar-refractivity contribution in [3.63, 3.8) is 0 Å². The lowest BCUT2D eigenvalue weighted by Crippen LogP contribution is -2.47. The van der Waals surface area contributed by atoms with Gasteiger partial charge in [0, 0.05) is 25.7 Å². The SMILES string of the molecule is NC(=NC1CCN(Cc2ccccc2)CC1)NC1CC(c2ccccc2F)C1. The summed E-state index contributed by atoms with van der Waals surface area (Å²) in [4.78, 5) is 7.18. The van der Waals surface area contributed by atoms with Crippen molar-refractivity contribution in [2.75, 3.05) is 13.1 Å². The summed E-state index contributed by atoms with van der Waals surface area (Å²) in [6.45, 7) is 3.11. The zero-order valence-electron chi connectivity index (χ0n) is 16.2. The molecule has 0 atom stereocenters. The van der Waals surface area contributed by atoms with Crippen LogP contribution in [-0.2, 0) is 6.54 Å². The van der Waals surface area contributed by atoms with E-state index in [1.807, 2.05) is 12.1 Å². The van der Waals surface area contributed by atoms with Gasteiger partial charge in [-0.3, -0.25) is 9.89 Å². The lowest BCUT2D eigenvalue weighted by molar-refractivity contribution is 0.206. The Bertz CT molecular complexity index is 793. The fourth-order valence-corrected chi connectivity index (χ4v) is 4.29. The van der Waals surface area contributed by atoms with Gasteiger partial charge in [0.2, 0.25) is 0 Å². The highest BCUT2D eigenvalue weighted by Crippen LogP contribution is 2.37. The Hall–Kier alpha value is -2.40. The quantitative estimate of drug-likeness (QED) is 0.615. The summed E-state index contributed by atoms with van der Waals surface area (Å²) in [5.41, 5.74) is 8.32. The molecule has 2 aliphatic rings. The number of nitrogens with one attached hydrogen (secondary N) is 1. The van der Waals surface area contributed by atoms with Gasteiger partial charge in [-0.2, -0.15) is 0 Å². The highest BCUT2D eigenvalue weighted by Gasteiger charge is 2.32. The molecule has 4 nitrogen and oxygen atoms in total. The molecule has 0 bridgehead atoms. The first-order valence-electron chi connectivity index (χ1n) is 10.3. The van der Waals surface area contributed by atoms with E-state index in [1.165, 1.54) is 11.6 Å². The largest absolute Gasteiger partial charge is 0.370 e. The molecule has 1 aliphatic heterocycles. The molecule has 28 heavy (non-hydrogen) atoms. The summed E-state index contributed by atoms with van der Waals surface area (Å²) in [7, 11) is 0. The summed E-state index contributed by atoms with van der Waals surface area (Å²) in [6.07, 6.45) is 3.90. The molecule has 1 heterocycles. The predicted molar refractivity (Wildman–Crippen MR) is 112 cm³/mol. The maximum absolute atomic E-state index is 13.9. The maximum atomic E-state index is 13.9. The van der Waals surface area contributed by atoms with Crippen molar-refractivity contribution in [1.29, 1.82) is 0 Å². The van der Waals surface area contributed by atoms with Gasteiger partial charge < -0.3 is 11.1 Å². The molecule has 0 amide bonds. The standard InChI is InChI=1S/C23H29FN4/c24-22-9-5-4-8-21(22)18-14-20(15-18)27-23(25)26-19-10-12-28(13-11-19)16-17-6-2-1-3-7-17/h1-9,18-20H,10-16H2,(H3,25,26,27). The van der Waals surface area contributed by atoms with Gasteiger partial charge in [-0.05, 0) is 48.8 Å². The molecule has 5 heteroatoms. The van der Waals surface area contributed by atoms with Crippen LogP contribution in [0.25, 0.3) is 0 Å². The summed E-state index contributed by atoms with van der Waals surface area (Å²) in [5.74, 6) is 0.723. The number of rotatable bonds is 5. The molecule has 1 saturated heterocycles. The third-order valence-corrected chi connectivity index (χ3v) is 5.96. The van der Waals surface area contributed by atoms with Gasteiger partial charge in [0.1, 0.15) is 5.82 Å². The van der Waals surface area contributed by atoms with E-state index in [-0.39, 0.29) is 11.7 Å². The van der Waals surface area contributed by atoms with Crippen molar-refractivity contribution in [1.82, 2.24) is 10.2 Å². The molecule has 1 saturated carbocycles. The van der Waals surface area contributed by atoms with Crippen molar-refractivity contribution in [2.45, 2.75) is 50.2 Å². The van der Waals surface area contributed by atoms with Crippen LogP contribution >= 0.6 is 0 Å². The molecule has 0 spiro atoms. The van der Waals surface area contributed by atoms with Crippen molar-refractivity contribution in [2.24, 2.45) is 10.7 Å². The summed E-state index contributed by atoms with van der Waals surface area (Å²) in [5, 5.41) is 3.33. The predicted octanol–water partition coefficient (Wildman–Crippen LogP) is 3.64. The number of nitrogens with two attached hydrogens (primary N) is 1. The van der Waals surface area contributed by atoms with Crippen LogP contribution in [0.1, 0.15) is 42.7 Å². The second kappa shape index (κ2) is 8.74. The Labute approximate surface area is 166 Å². The third-order valence-electron chi connectivity index (χ3n) is 5.96. The molecule has 148 valence electrons. The van der Waals surface area contributed by atoms with Gasteiger partial charge in [-0.25, -0.2) is 4.39 Å². The molecule has 3 N–H and O–H groups in total. The number of likely N-dealkylation sites (tertiary alicyclic amines) is 1. The van der Waals surface area contributed by atoms with E-state index >= 15 is 0 Å². The second-order valence-corrected chi connectivity index (χ2v) is 8.04. The Morgan fingerprint density at radius 3 is 2.43 bits per heavy atom. The summed E-state index contributed by atoms with van der Waals surface area (Å²) < 4.78 is 13.9. The van der Waals surface area contributed by atoms with Gasteiger partial charge in [-0.1, -0.05) is 48.5 Å². The van der Waals surface area contributed by atoms with E-state index in [0.29, 0.717) is 18.0 Å². The lowest BCUT2D eigenvalue weighted by atomic mass is 9.76. The Morgan fingerprint density at radius 2 is 1.71 bits per heavy atom. The van der Waals surface area contributed by atoms with Crippen LogP contribution in [-0.4, -0.2) is 36.0 Å². The smallest absolute Gasteiger partial charge is 0.189 e. The first-order valence-corrected chi connectivity index (χ1v) is 10.3. The van der Waals surface area contributed by atoms with Crippen molar-refractivity contribution >= 4 is 5.96 Å². The van der Waals surface area contributed by atoms with Crippen LogP contribution in [0.2, 0.25) is 0 Å². The van der Waals surface area contributed by atoms with E-state index in [0.717, 1.165) is 50.9 Å². The van der Waals surface area contributed by atoms with Crippen LogP contribution in [0.15, 0.2) is 59.6 Å².